The largest absolute Gasteiger partial charge is 0.507 e. The zero-order chi connectivity index (χ0) is 20.5. The third kappa shape index (κ3) is 3.47. The number of aromatic nitrogens is 1. The first kappa shape index (κ1) is 19.1. The molecule has 0 radical (unpaired) electrons. The number of aryl methyl sites for hydroxylation is 2. The number of aliphatic hydroxyl groups excluding tert-OH is 1. The van der Waals surface area contributed by atoms with E-state index in [-0.39, 0.29) is 17.9 Å². The van der Waals surface area contributed by atoms with Crippen LogP contribution in [0.4, 0.5) is 0 Å². The van der Waals surface area contributed by atoms with Crippen LogP contribution in [0.15, 0.2) is 65.8 Å². The van der Waals surface area contributed by atoms with Gasteiger partial charge in [-0.15, -0.1) is 11.3 Å². The number of ketones is 1. The van der Waals surface area contributed by atoms with Crippen molar-refractivity contribution in [3.63, 3.8) is 0 Å². The Morgan fingerprint density at radius 3 is 2.69 bits per heavy atom. The van der Waals surface area contributed by atoms with Crippen molar-refractivity contribution in [2.45, 2.75) is 26.4 Å². The molecule has 3 aromatic rings. The highest BCUT2D eigenvalue weighted by Crippen LogP contribution is 2.42. The lowest BCUT2D eigenvalue weighted by Gasteiger charge is -2.24. The quantitative estimate of drug-likeness (QED) is 0.398. The van der Waals surface area contributed by atoms with Crippen LogP contribution in [0.2, 0.25) is 0 Å². The zero-order valence-corrected chi connectivity index (χ0v) is 16.9. The van der Waals surface area contributed by atoms with E-state index in [2.05, 4.69) is 4.98 Å². The topological polar surface area (TPSA) is 70.5 Å². The van der Waals surface area contributed by atoms with E-state index in [1.165, 1.54) is 16.2 Å². The van der Waals surface area contributed by atoms with Gasteiger partial charge >= 0.3 is 0 Å². The number of hydrogen-bond acceptors (Lipinski definition) is 5. The van der Waals surface area contributed by atoms with E-state index >= 15 is 0 Å². The standard InChI is InChI=1S/C23H20N2O3S/c1-14-7-8-15(2)17(11-14)21(26)19-20(18-6-4-10-29-18)25(23(28)22(19)27)13-16-5-3-9-24-12-16/h3-12,20,26H,13H2,1-2H3/b21-19+. The first-order valence-electron chi connectivity index (χ1n) is 9.25. The van der Waals surface area contributed by atoms with Crippen molar-refractivity contribution in [3.8, 4) is 0 Å². The predicted octanol–water partition coefficient (Wildman–Crippen LogP) is 4.38. The molecule has 0 aliphatic carbocycles. The van der Waals surface area contributed by atoms with Gasteiger partial charge < -0.3 is 10.0 Å². The van der Waals surface area contributed by atoms with Gasteiger partial charge in [0.25, 0.3) is 11.7 Å². The maximum absolute atomic E-state index is 13.0. The molecule has 0 saturated carbocycles. The predicted molar refractivity (Wildman–Crippen MR) is 112 cm³/mol. The van der Waals surface area contributed by atoms with Crippen LogP contribution < -0.4 is 0 Å². The molecule has 1 saturated heterocycles. The molecule has 0 bridgehead atoms. The minimum atomic E-state index is -0.661. The Bertz CT molecular complexity index is 1100. The Morgan fingerprint density at radius 2 is 2.00 bits per heavy atom. The number of likely N-dealkylation sites (tertiary alicyclic amines) is 1. The molecule has 6 heteroatoms. The highest BCUT2D eigenvalue weighted by Gasteiger charge is 2.46. The van der Waals surface area contributed by atoms with E-state index < -0.39 is 17.7 Å². The number of aliphatic hydroxyl groups is 1. The molecule has 0 spiro atoms. The molecular weight excluding hydrogens is 384 g/mol. The lowest BCUT2D eigenvalue weighted by atomic mass is 9.96. The molecule has 3 heterocycles. The van der Waals surface area contributed by atoms with Crippen molar-refractivity contribution < 1.29 is 14.7 Å². The van der Waals surface area contributed by atoms with Gasteiger partial charge in [-0.25, -0.2) is 0 Å². The van der Waals surface area contributed by atoms with Crippen LogP contribution in [0.5, 0.6) is 0 Å². The van der Waals surface area contributed by atoms with Crippen LogP contribution in [0.3, 0.4) is 0 Å². The molecule has 5 nitrogen and oxygen atoms in total. The summed E-state index contributed by atoms with van der Waals surface area (Å²) in [6.07, 6.45) is 3.34. The summed E-state index contributed by atoms with van der Waals surface area (Å²) in [4.78, 5) is 32.4. The molecule has 1 amide bonds. The van der Waals surface area contributed by atoms with Crippen LogP contribution in [0.25, 0.3) is 5.76 Å². The Labute approximate surface area is 173 Å². The lowest BCUT2D eigenvalue weighted by molar-refractivity contribution is -0.140. The lowest BCUT2D eigenvalue weighted by Crippen LogP contribution is -2.28. The monoisotopic (exact) mass is 404 g/mol. The summed E-state index contributed by atoms with van der Waals surface area (Å²) in [7, 11) is 0. The van der Waals surface area contributed by atoms with Gasteiger partial charge in [0.2, 0.25) is 0 Å². The molecule has 29 heavy (non-hydrogen) atoms. The second kappa shape index (κ2) is 7.64. The number of rotatable bonds is 4. The van der Waals surface area contributed by atoms with Gasteiger partial charge in [0.15, 0.2) is 0 Å². The number of benzene rings is 1. The first-order valence-corrected chi connectivity index (χ1v) is 10.1. The van der Waals surface area contributed by atoms with Gasteiger partial charge in [-0.05, 0) is 48.6 Å². The van der Waals surface area contributed by atoms with Crippen LogP contribution >= 0.6 is 11.3 Å². The molecule has 1 fully saturated rings. The number of pyridine rings is 1. The minimum Gasteiger partial charge on any atom is -0.507 e. The molecule has 1 unspecified atom stereocenters. The van der Waals surface area contributed by atoms with Gasteiger partial charge in [0, 0.05) is 29.4 Å². The van der Waals surface area contributed by atoms with Crippen molar-refractivity contribution in [2.75, 3.05) is 0 Å². The maximum Gasteiger partial charge on any atom is 0.295 e. The summed E-state index contributed by atoms with van der Waals surface area (Å²) in [6.45, 7) is 4.04. The van der Waals surface area contributed by atoms with Gasteiger partial charge in [0.1, 0.15) is 5.76 Å². The summed E-state index contributed by atoms with van der Waals surface area (Å²) < 4.78 is 0. The smallest absolute Gasteiger partial charge is 0.295 e. The highest BCUT2D eigenvalue weighted by atomic mass is 32.1. The molecular formula is C23H20N2O3S. The zero-order valence-electron chi connectivity index (χ0n) is 16.1. The minimum absolute atomic E-state index is 0.128. The number of amides is 1. The van der Waals surface area contributed by atoms with Crippen molar-refractivity contribution >= 4 is 28.8 Å². The van der Waals surface area contributed by atoms with Crippen molar-refractivity contribution in [2.24, 2.45) is 0 Å². The second-order valence-corrected chi connectivity index (χ2v) is 8.10. The van der Waals surface area contributed by atoms with Gasteiger partial charge in [0.05, 0.1) is 11.6 Å². The second-order valence-electron chi connectivity index (χ2n) is 7.12. The summed E-state index contributed by atoms with van der Waals surface area (Å²) in [6, 6.07) is 12.5. The first-order chi connectivity index (χ1) is 14.0. The van der Waals surface area contributed by atoms with Gasteiger partial charge in [-0.2, -0.15) is 0 Å². The normalized spacial score (nSPS) is 18.4. The van der Waals surface area contributed by atoms with E-state index in [1.54, 1.807) is 18.5 Å². The Balaban J connectivity index is 1.87. The fourth-order valence-electron chi connectivity index (χ4n) is 3.61. The molecule has 2 aromatic heterocycles. The fraction of sp³-hybridized carbons (Fsp3) is 0.174. The van der Waals surface area contributed by atoms with E-state index in [9.17, 15) is 14.7 Å². The highest BCUT2D eigenvalue weighted by molar-refractivity contribution is 7.10. The molecule has 1 aromatic carbocycles. The van der Waals surface area contributed by atoms with Crippen LogP contribution in [-0.2, 0) is 16.1 Å². The Hall–Kier alpha value is -3.25. The maximum atomic E-state index is 13.0. The van der Waals surface area contributed by atoms with Crippen LogP contribution in [-0.4, -0.2) is 26.7 Å². The number of nitrogens with zero attached hydrogens (tertiary/aromatic N) is 2. The Kier molecular flexibility index (Phi) is 5.03. The molecule has 4 rings (SSSR count). The summed E-state index contributed by atoms with van der Waals surface area (Å²) in [5.74, 6) is -1.40. The fourth-order valence-corrected chi connectivity index (χ4v) is 4.46. The summed E-state index contributed by atoms with van der Waals surface area (Å²) in [5, 5.41) is 13.0. The number of Topliss-reactive ketones (excluding diaryl/α,β-unsaturated/α-hetero) is 1. The number of thiophene rings is 1. The molecule has 146 valence electrons. The Morgan fingerprint density at radius 1 is 1.17 bits per heavy atom. The molecule has 1 atom stereocenters. The van der Waals surface area contributed by atoms with Gasteiger partial charge in [-0.1, -0.05) is 29.8 Å². The number of carbonyl (C=O) groups excluding carboxylic acids is 2. The van der Waals surface area contributed by atoms with E-state index in [1.807, 2.05) is 55.6 Å². The average molecular weight is 404 g/mol. The third-order valence-corrected chi connectivity index (χ3v) is 6.00. The van der Waals surface area contributed by atoms with Crippen molar-refractivity contribution in [1.29, 1.82) is 0 Å². The molecule has 1 aliphatic rings. The van der Waals surface area contributed by atoms with Crippen molar-refractivity contribution in [3.05, 3.63) is 92.9 Å². The number of carbonyl (C=O) groups is 2. The summed E-state index contributed by atoms with van der Waals surface area (Å²) in [5.41, 5.74) is 3.34. The van der Waals surface area contributed by atoms with Crippen molar-refractivity contribution in [1.82, 2.24) is 9.88 Å². The third-order valence-electron chi connectivity index (χ3n) is 5.08. The van der Waals surface area contributed by atoms with E-state index in [0.717, 1.165) is 21.6 Å². The average Bonchev–Trinajstić information content (AvgIpc) is 3.33. The van der Waals surface area contributed by atoms with E-state index in [0.29, 0.717) is 5.56 Å². The van der Waals surface area contributed by atoms with E-state index in [4.69, 9.17) is 0 Å². The number of hydrogen-bond donors (Lipinski definition) is 1. The summed E-state index contributed by atoms with van der Waals surface area (Å²) >= 11 is 1.46. The SMILES string of the molecule is Cc1ccc(C)c(/C(O)=C2\C(=O)C(=O)N(Cc3cccnc3)C2c2cccs2)c1. The van der Waals surface area contributed by atoms with Gasteiger partial charge in [-0.3, -0.25) is 14.6 Å². The van der Waals surface area contributed by atoms with Crippen LogP contribution in [0.1, 0.15) is 33.2 Å². The molecule has 1 aliphatic heterocycles. The molecule has 1 N–H and O–H groups in total. The van der Waals surface area contributed by atoms with Crippen LogP contribution in [0, 0.1) is 13.8 Å².